The van der Waals surface area contributed by atoms with Gasteiger partial charge in [-0.2, -0.15) is 0 Å². The van der Waals surface area contributed by atoms with E-state index in [0.717, 1.165) is 0 Å². The molecule has 0 saturated carbocycles. The van der Waals surface area contributed by atoms with Crippen molar-refractivity contribution in [2.45, 2.75) is 35.7 Å². The minimum Gasteiger partial charge on any atom is -0.484 e. The number of non-ortho nitro benzene ring substituents is 1. The third-order valence-electron chi connectivity index (χ3n) is 5.77. The summed E-state index contributed by atoms with van der Waals surface area (Å²) >= 11 is 3.63. The minimum absolute atomic E-state index is 0.0546. The first-order valence-corrected chi connectivity index (χ1v) is 13.1. The maximum absolute atomic E-state index is 13.0. The molecule has 3 unspecified atom stereocenters. The molecule has 0 radical (unpaired) electrons. The number of nitrogens with one attached hydrogen (secondary N) is 1. The first-order chi connectivity index (χ1) is 16.7. The third-order valence-corrected chi connectivity index (χ3v) is 9.52. The van der Waals surface area contributed by atoms with E-state index in [-0.39, 0.29) is 30.2 Å². The fraction of sp³-hybridized carbons (Fsp3) is 0.348. The second-order valence-electron chi connectivity index (χ2n) is 8.28. The van der Waals surface area contributed by atoms with Crippen LogP contribution in [0.1, 0.15) is 12.5 Å². The number of hydrogen-bond acceptors (Lipinski definition) is 8. The van der Waals surface area contributed by atoms with Crippen LogP contribution in [-0.4, -0.2) is 60.8 Å². The van der Waals surface area contributed by atoms with Crippen LogP contribution >= 0.6 is 34.4 Å². The van der Waals surface area contributed by atoms with Crippen molar-refractivity contribution in [1.29, 1.82) is 0 Å². The molecule has 1 N–H and O–H groups in total. The number of esters is 1. The number of para-hydroxylation sites is 1. The quantitative estimate of drug-likeness (QED) is 0.115. The van der Waals surface area contributed by atoms with Crippen molar-refractivity contribution >= 4 is 57.8 Å². The summed E-state index contributed by atoms with van der Waals surface area (Å²) in [6.45, 7) is 1.60. The number of fused-ring (bicyclic) bond motifs is 1. The molecule has 2 fully saturated rings. The molecule has 2 aromatic rings. The fourth-order valence-corrected chi connectivity index (χ4v) is 6.52. The van der Waals surface area contributed by atoms with Crippen LogP contribution in [0, 0.1) is 10.1 Å². The first kappa shape index (κ1) is 25.2. The van der Waals surface area contributed by atoms with Crippen molar-refractivity contribution in [2.75, 3.05) is 11.0 Å². The van der Waals surface area contributed by atoms with Crippen molar-refractivity contribution in [2.24, 2.45) is 0 Å². The number of nitrogens with zero attached hydrogens (tertiary/aromatic N) is 2. The van der Waals surface area contributed by atoms with E-state index < -0.39 is 33.6 Å². The maximum atomic E-state index is 13.0. The number of halogens is 1. The molecule has 184 valence electrons. The number of carbonyl (C=O) groups excluding carboxylic acids is 3. The monoisotopic (exact) mass is 611 g/mol. The molecular formula is C23H22IN3O7S. The van der Waals surface area contributed by atoms with Crippen molar-refractivity contribution in [3.63, 3.8) is 0 Å². The zero-order valence-corrected chi connectivity index (χ0v) is 21.6. The standard InChI is InChI=1S/C23H22IN3O7S/c1-23(13-24)19(22(30)34-11-14-7-9-15(10-8-14)27(31)32)26-20(29)18(21(26)35-23)25-17(28)12-33-16-5-3-2-4-6-16/h2-10,18-19,21H,11-13H2,1H3,(H,25,28)/t18?,19?,21-,23?/m1/s1. The van der Waals surface area contributed by atoms with Crippen LogP contribution in [0.4, 0.5) is 5.69 Å². The number of β-lactam (4-membered cyclic amide) rings is 1. The Labute approximate surface area is 219 Å². The summed E-state index contributed by atoms with van der Waals surface area (Å²) < 4.78 is 10.9. The molecule has 35 heavy (non-hydrogen) atoms. The van der Waals surface area contributed by atoms with Gasteiger partial charge < -0.3 is 19.7 Å². The molecule has 12 heteroatoms. The van der Waals surface area contributed by atoms with Gasteiger partial charge in [-0.3, -0.25) is 19.7 Å². The largest absolute Gasteiger partial charge is 0.484 e. The van der Waals surface area contributed by atoms with Gasteiger partial charge in [-0.25, -0.2) is 4.79 Å². The average Bonchev–Trinajstić information content (AvgIpc) is 3.15. The number of benzene rings is 2. The first-order valence-electron chi connectivity index (χ1n) is 10.7. The Morgan fingerprint density at radius 1 is 1.20 bits per heavy atom. The molecule has 2 saturated heterocycles. The van der Waals surface area contributed by atoms with Gasteiger partial charge in [0.15, 0.2) is 6.61 Å². The highest BCUT2D eigenvalue weighted by Gasteiger charge is 2.65. The number of alkyl halides is 1. The highest BCUT2D eigenvalue weighted by atomic mass is 127. The number of nitro groups is 1. The van der Waals surface area contributed by atoms with Crippen molar-refractivity contribution in [3.8, 4) is 5.75 Å². The molecule has 10 nitrogen and oxygen atoms in total. The number of nitro benzene ring substituents is 1. The number of amides is 2. The molecule has 2 aliphatic heterocycles. The number of carbonyl (C=O) groups is 3. The van der Waals surface area contributed by atoms with Crippen molar-refractivity contribution in [3.05, 3.63) is 70.3 Å². The SMILES string of the molecule is CC1(CI)S[C@@H]2C(NC(=O)COc3ccccc3)C(=O)N2C1C(=O)OCc1ccc([N+](=O)[O-])cc1. The summed E-state index contributed by atoms with van der Waals surface area (Å²) in [6, 6.07) is 13.0. The van der Waals surface area contributed by atoms with E-state index >= 15 is 0 Å². The van der Waals surface area contributed by atoms with E-state index in [2.05, 4.69) is 27.9 Å². The van der Waals surface area contributed by atoms with Gasteiger partial charge >= 0.3 is 5.97 Å². The van der Waals surface area contributed by atoms with Gasteiger partial charge in [0.05, 0.1) is 9.67 Å². The van der Waals surface area contributed by atoms with Crippen LogP contribution in [-0.2, 0) is 25.7 Å². The molecule has 0 bridgehead atoms. The lowest BCUT2D eigenvalue weighted by atomic mass is 9.96. The molecule has 2 amide bonds. The Kier molecular flexibility index (Phi) is 7.50. The minimum atomic E-state index is -0.811. The van der Waals surface area contributed by atoms with E-state index in [0.29, 0.717) is 15.7 Å². The smallest absolute Gasteiger partial charge is 0.330 e. The number of rotatable bonds is 9. The fourth-order valence-electron chi connectivity index (χ4n) is 3.95. The molecule has 0 aromatic heterocycles. The highest BCUT2D eigenvalue weighted by molar-refractivity contribution is 14.1. The molecule has 2 heterocycles. The lowest BCUT2D eigenvalue weighted by Gasteiger charge is -2.43. The van der Waals surface area contributed by atoms with Crippen LogP contribution in [0.3, 0.4) is 0 Å². The highest BCUT2D eigenvalue weighted by Crippen LogP contribution is 2.52. The molecule has 4 rings (SSSR count). The van der Waals surface area contributed by atoms with Crippen LogP contribution in [0.25, 0.3) is 0 Å². The summed E-state index contributed by atoms with van der Waals surface area (Å²) in [5.41, 5.74) is 0.543. The Hall–Kier alpha value is -2.87. The van der Waals surface area contributed by atoms with Gasteiger partial charge in [-0.05, 0) is 36.8 Å². The summed E-state index contributed by atoms with van der Waals surface area (Å²) in [4.78, 5) is 50.1. The second-order valence-corrected chi connectivity index (χ2v) is 10.7. The summed E-state index contributed by atoms with van der Waals surface area (Å²) in [6.07, 6.45) is 0. The zero-order valence-electron chi connectivity index (χ0n) is 18.6. The second kappa shape index (κ2) is 10.4. The molecule has 2 aliphatic rings. The summed E-state index contributed by atoms with van der Waals surface area (Å²) in [5.74, 6) is -0.773. The Bertz CT molecular complexity index is 1130. The van der Waals surface area contributed by atoms with E-state index in [1.54, 1.807) is 24.3 Å². The lowest BCUT2D eigenvalue weighted by Crippen LogP contribution is -2.71. The number of hydrogen-bond donors (Lipinski definition) is 1. The zero-order chi connectivity index (χ0) is 25.2. The molecule has 0 spiro atoms. The van der Waals surface area contributed by atoms with E-state index in [9.17, 15) is 24.5 Å². The van der Waals surface area contributed by atoms with Gasteiger partial charge in [-0.1, -0.05) is 40.8 Å². The topological polar surface area (TPSA) is 128 Å². The maximum Gasteiger partial charge on any atom is 0.330 e. The van der Waals surface area contributed by atoms with Crippen LogP contribution in [0.2, 0.25) is 0 Å². The van der Waals surface area contributed by atoms with E-state index in [4.69, 9.17) is 9.47 Å². The predicted molar refractivity (Wildman–Crippen MR) is 136 cm³/mol. The van der Waals surface area contributed by atoms with Crippen molar-refractivity contribution < 1.29 is 28.8 Å². The van der Waals surface area contributed by atoms with Crippen molar-refractivity contribution in [1.82, 2.24) is 10.2 Å². The molecule has 0 aliphatic carbocycles. The third kappa shape index (κ3) is 5.22. The van der Waals surface area contributed by atoms with Gasteiger partial charge in [-0.15, -0.1) is 11.8 Å². The van der Waals surface area contributed by atoms with Gasteiger partial charge in [0.2, 0.25) is 5.91 Å². The molecule has 2 aromatic carbocycles. The number of thioether (sulfide) groups is 1. The summed E-state index contributed by atoms with van der Waals surface area (Å²) in [7, 11) is 0. The average molecular weight is 611 g/mol. The van der Waals surface area contributed by atoms with E-state index in [1.165, 1.54) is 40.9 Å². The van der Waals surface area contributed by atoms with Crippen LogP contribution < -0.4 is 10.1 Å². The van der Waals surface area contributed by atoms with Gasteiger partial charge in [0.1, 0.15) is 29.8 Å². The lowest BCUT2D eigenvalue weighted by molar-refractivity contribution is -0.384. The Morgan fingerprint density at radius 2 is 1.89 bits per heavy atom. The normalized spacial score (nSPS) is 24.8. The predicted octanol–water partition coefficient (Wildman–Crippen LogP) is 2.68. The Morgan fingerprint density at radius 3 is 2.51 bits per heavy atom. The van der Waals surface area contributed by atoms with Crippen LogP contribution in [0.15, 0.2) is 54.6 Å². The molecular weight excluding hydrogens is 589 g/mol. The molecule has 4 atom stereocenters. The van der Waals surface area contributed by atoms with Gasteiger partial charge in [0.25, 0.3) is 11.6 Å². The number of ether oxygens (including phenoxy) is 2. The van der Waals surface area contributed by atoms with Gasteiger partial charge in [0, 0.05) is 16.6 Å². The summed E-state index contributed by atoms with van der Waals surface area (Å²) in [5, 5.41) is 13.1. The van der Waals surface area contributed by atoms with Crippen LogP contribution in [0.5, 0.6) is 5.75 Å². The van der Waals surface area contributed by atoms with E-state index in [1.807, 2.05) is 13.0 Å². The Balaban J connectivity index is 1.36.